The molecular weight excluding hydrogens is 453 g/mol. The van der Waals surface area contributed by atoms with Gasteiger partial charge in [-0.15, -0.1) is 0 Å². The maximum absolute atomic E-state index is 13.3. The van der Waals surface area contributed by atoms with E-state index in [1.165, 1.54) is 61.7 Å². The lowest BCUT2D eigenvalue weighted by atomic mass is 10.1. The molecule has 0 bridgehead atoms. The maximum atomic E-state index is 13.3. The Balaban J connectivity index is 1.90. The van der Waals surface area contributed by atoms with E-state index in [0.717, 1.165) is 6.07 Å². The van der Waals surface area contributed by atoms with Crippen LogP contribution in [0.5, 0.6) is 5.75 Å². The molecule has 0 aromatic heterocycles. The molecule has 2 amide bonds. The zero-order chi connectivity index (χ0) is 24.0. The van der Waals surface area contributed by atoms with Gasteiger partial charge in [0.2, 0.25) is 0 Å². The zero-order valence-electron chi connectivity index (χ0n) is 17.2. The number of amides is 2. The van der Waals surface area contributed by atoms with E-state index in [0.29, 0.717) is 11.3 Å². The first-order valence-corrected chi connectivity index (χ1v) is 9.82. The molecule has 0 spiro atoms. The number of benzene rings is 3. The maximum Gasteiger partial charge on any atom is 0.289 e. The van der Waals surface area contributed by atoms with Gasteiger partial charge in [0.05, 0.1) is 12.0 Å². The highest BCUT2D eigenvalue weighted by atomic mass is 35.5. The van der Waals surface area contributed by atoms with Crippen molar-refractivity contribution in [1.29, 1.82) is 0 Å². The number of nitrogens with one attached hydrogen (secondary N) is 2. The van der Waals surface area contributed by atoms with Gasteiger partial charge in [-0.25, -0.2) is 4.39 Å². The van der Waals surface area contributed by atoms with Crippen molar-refractivity contribution in [1.82, 2.24) is 5.32 Å². The molecule has 0 radical (unpaired) electrons. The highest BCUT2D eigenvalue weighted by Gasteiger charge is 2.18. The Morgan fingerprint density at radius 2 is 1.73 bits per heavy atom. The largest absolute Gasteiger partial charge is 0.497 e. The zero-order valence-corrected chi connectivity index (χ0v) is 17.9. The van der Waals surface area contributed by atoms with Crippen molar-refractivity contribution in [2.45, 2.75) is 0 Å². The van der Waals surface area contributed by atoms with Gasteiger partial charge < -0.3 is 15.4 Å². The third kappa shape index (κ3) is 6.14. The van der Waals surface area contributed by atoms with E-state index in [2.05, 4.69) is 10.6 Å². The standard InChI is InChI=1S/C23H17ClFN3O5/c1-33-18-9-4-15(5-10-18)22(29)27-20(12-14-2-6-16(25)7-3-14)23(30)26-17-8-11-19(24)21(13-17)28(31)32/h2-13H,1H3,(H,26,30)(H,27,29). The topological polar surface area (TPSA) is 111 Å². The van der Waals surface area contributed by atoms with Gasteiger partial charge in [-0.05, 0) is 60.2 Å². The molecule has 2 N–H and O–H groups in total. The fraction of sp³-hybridized carbons (Fsp3) is 0.0435. The third-order valence-corrected chi connectivity index (χ3v) is 4.75. The summed E-state index contributed by atoms with van der Waals surface area (Å²) in [6, 6.07) is 15.2. The fourth-order valence-electron chi connectivity index (χ4n) is 2.75. The molecule has 10 heteroatoms. The summed E-state index contributed by atoms with van der Waals surface area (Å²) in [5.74, 6) is -1.24. The predicted molar refractivity (Wildman–Crippen MR) is 122 cm³/mol. The number of anilines is 1. The molecule has 8 nitrogen and oxygen atoms in total. The van der Waals surface area contributed by atoms with Gasteiger partial charge >= 0.3 is 0 Å². The van der Waals surface area contributed by atoms with E-state index in [-0.39, 0.29) is 27.7 Å². The van der Waals surface area contributed by atoms with Crippen molar-refractivity contribution in [3.05, 3.63) is 105 Å². The highest BCUT2D eigenvalue weighted by Crippen LogP contribution is 2.27. The molecule has 0 aliphatic carbocycles. The van der Waals surface area contributed by atoms with E-state index in [4.69, 9.17) is 16.3 Å². The molecule has 0 aliphatic heterocycles. The van der Waals surface area contributed by atoms with Crippen molar-refractivity contribution in [3.63, 3.8) is 0 Å². The SMILES string of the molecule is COc1ccc(C(=O)NC(=Cc2ccc(F)cc2)C(=O)Nc2ccc(Cl)c([N+](=O)[O-])c2)cc1. The van der Waals surface area contributed by atoms with Crippen LogP contribution in [0.15, 0.2) is 72.4 Å². The number of carbonyl (C=O) groups is 2. The van der Waals surface area contributed by atoms with Gasteiger partial charge in [0.15, 0.2) is 0 Å². The molecule has 168 valence electrons. The average Bonchev–Trinajstić information content (AvgIpc) is 2.81. The van der Waals surface area contributed by atoms with Gasteiger partial charge in [-0.3, -0.25) is 19.7 Å². The molecule has 0 saturated heterocycles. The van der Waals surface area contributed by atoms with Gasteiger partial charge in [0, 0.05) is 17.3 Å². The number of rotatable bonds is 7. The molecule has 0 saturated carbocycles. The van der Waals surface area contributed by atoms with E-state index in [9.17, 15) is 24.1 Å². The molecule has 0 heterocycles. The minimum absolute atomic E-state index is 0.0899. The summed E-state index contributed by atoms with van der Waals surface area (Å²) in [6.07, 6.45) is 1.35. The summed E-state index contributed by atoms with van der Waals surface area (Å²) >= 11 is 5.81. The first-order valence-electron chi connectivity index (χ1n) is 9.45. The molecular formula is C23H17ClFN3O5. The van der Waals surface area contributed by atoms with Crippen LogP contribution in [-0.2, 0) is 4.79 Å². The molecule has 3 aromatic carbocycles. The lowest BCUT2D eigenvalue weighted by molar-refractivity contribution is -0.384. The van der Waals surface area contributed by atoms with Gasteiger partial charge in [0.1, 0.15) is 22.3 Å². The lowest BCUT2D eigenvalue weighted by Crippen LogP contribution is -2.30. The summed E-state index contributed by atoms with van der Waals surface area (Å²) in [5, 5.41) is 16.0. The minimum atomic E-state index is -0.752. The number of methoxy groups -OCH3 is 1. The predicted octanol–water partition coefficient (Wildman–Crippen LogP) is 4.81. The van der Waals surface area contributed by atoms with Gasteiger partial charge in [-0.1, -0.05) is 23.7 Å². The third-order valence-electron chi connectivity index (χ3n) is 4.43. The smallest absolute Gasteiger partial charge is 0.289 e. The summed E-state index contributed by atoms with van der Waals surface area (Å²) < 4.78 is 18.3. The number of carbonyl (C=O) groups excluding carboxylic acids is 2. The minimum Gasteiger partial charge on any atom is -0.497 e. The number of nitro groups is 1. The van der Waals surface area contributed by atoms with E-state index in [1.807, 2.05) is 0 Å². The van der Waals surface area contributed by atoms with Crippen LogP contribution in [0.3, 0.4) is 0 Å². The number of nitrogens with zero attached hydrogens (tertiary/aromatic N) is 1. The van der Waals surface area contributed by atoms with Gasteiger partial charge in [-0.2, -0.15) is 0 Å². The van der Waals surface area contributed by atoms with Crippen LogP contribution < -0.4 is 15.4 Å². The summed E-state index contributed by atoms with van der Waals surface area (Å²) in [7, 11) is 1.49. The van der Waals surface area contributed by atoms with Crippen molar-refractivity contribution < 1.29 is 23.6 Å². The molecule has 0 atom stereocenters. The first kappa shape index (κ1) is 23.4. The molecule has 0 fully saturated rings. The molecule has 33 heavy (non-hydrogen) atoms. The molecule has 3 aromatic rings. The second-order valence-electron chi connectivity index (χ2n) is 6.67. The molecule has 3 rings (SSSR count). The summed E-state index contributed by atoms with van der Waals surface area (Å²) in [5.41, 5.74) is 0.245. The Labute approximate surface area is 192 Å². The number of hydrogen-bond acceptors (Lipinski definition) is 5. The second kappa shape index (κ2) is 10.4. The van der Waals surface area contributed by atoms with Crippen molar-refractivity contribution >= 4 is 40.9 Å². The number of nitro benzene ring substituents is 1. The number of halogens is 2. The fourth-order valence-corrected chi connectivity index (χ4v) is 2.94. The Kier molecular flexibility index (Phi) is 7.37. The van der Waals surface area contributed by atoms with E-state index < -0.39 is 22.6 Å². The van der Waals surface area contributed by atoms with E-state index in [1.54, 1.807) is 12.1 Å². The Morgan fingerprint density at radius 3 is 2.33 bits per heavy atom. The van der Waals surface area contributed by atoms with Crippen molar-refractivity contribution in [2.75, 3.05) is 12.4 Å². The van der Waals surface area contributed by atoms with Crippen LogP contribution in [0, 0.1) is 15.9 Å². The summed E-state index contributed by atoms with van der Waals surface area (Å²) in [6.45, 7) is 0. The van der Waals surface area contributed by atoms with E-state index >= 15 is 0 Å². The quantitative estimate of drug-likeness (QED) is 0.293. The van der Waals surface area contributed by atoms with Crippen LogP contribution in [0.25, 0.3) is 6.08 Å². The van der Waals surface area contributed by atoms with Crippen LogP contribution in [0.4, 0.5) is 15.8 Å². The first-order chi connectivity index (χ1) is 15.8. The number of ether oxygens (including phenoxy) is 1. The monoisotopic (exact) mass is 469 g/mol. The Morgan fingerprint density at radius 1 is 1.06 bits per heavy atom. The molecule has 0 aliphatic rings. The van der Waals surface area contributed by atoms with Crippen LogP contribution >= 0.6 is 11.6 Å². The summed E-state index contributed by atoms with van der Waals surface area (Å²) in [4.78, 5) is 36.1. The van der Waals surface area contributed by atoms with Crippen molar-refractivity contribution in [2.24, 2.45) is 0 Å². The lowest BCUT2D eigenvalue weighted by Gasteiger charge is -2.12. The Hall–Kier alpha value is -4.24. The van der Waals surface area contributed by atoms with Gasteiger partial charge in [0.25, 0.3) is 17.5 Å². The normalized spacial score (nSPS) is 10.9. The molecule has 0 unspecified atom stereocenters. The van der Waals surface area contributed by atoms with Crippen LogP contribution in [0.1, 0.15) is 15.9 Å². The Bertz CT molecular complexity index is 1230. The average molecular weight is 470 g/mol. The second-order valence-corrected chi connectivity index (χ2v) is 7.08. The highest BCUT2D eigenvalue weighted by molar-refractivity contribution is 6.32. The van der Waals surface area contributed by atoms with Crippen LogP contribution in [0.2, 0.25) is 5.02 Å². The van der Waals surface area contributed by atoms with Crippen LogP contribution in [-0.4, -0.2) is 23.8 Å². The van der Waals surface area contributed by atoms with Crippen molar-refractivity contribution in [3.8, 4) is 5.75 Å². The number of hydrogen-bond donors (Lipinski definition) is 2.